The average molecular weight is 249 g/mol. The molecule has 1 aromatic rings. The van der Waals surface area contributed by atoms with Gasteiger partial charge in [-0.25, -0.2) is 4.98 Å². The van der Waals surface area contributed by atoms with Gasteiger partial charge in [0.05, 0.1) is 11.9 Å². The van der Waals surface area contributed by atoms with Crippen molar-refractivity contribution in [3.8, 4) is 0 Å². The van der Waals surface area contributed by atoms with Gasteiger partial charge in [0.25, 0.3) is 5.91 Å². The van der Waals surface area contributed by atoms with Gasteiger partial charge in [-0.05, 0) is 31.4 Å². The predicted molar refractivity (Wildman–Crippen MR) is 74.8 cm³/mol. The number of anilines is 1. The van der Waals surface area contributed by atoms with Crippen molar-refractivity contribution in [2.75, 3.05) is 12.4 Å². The van der Waals surface area contributed by atoms with E-state index >= 15 is 0 Å². The monoisotopic (exact) mass is 249 g/mol. The third kappa shape index (κ3) is 4.35. The summed E-state index contributed by atoms with van der Waals surface area (Å²) < 4.78 is 0. The summed E-state index contributed by atoms with van der Waals surface area (Å²) in [6.07, 6.45) is 3.79. The zero-order chi connectivity index (χ0) is 13.5. The van der Waals surface area contributed by atoms with Crippen molar-refractivity contribution in [3.05, 3.63) is 24.0 Å². The van der Waals surface area contributed by atoms with Gasteiger partial charge in [0.15, 0.2) is 0 Å². The van der Waals surface area contributed by atoms with E-state index in [2.05, 4.69) is 29.5 Å². The van der Waals surface area contributed by atoms with Crippen molar-refractivity contribution in [3.63, 3.8) is 0 Å². The summed E-state index contributed by atoms with van der Waals surface area (Å²) in [5.41, 5.74) is 1.37. The van der Waals surface area contributed by atoms with Gasteiger partial charge in [-0.3, -0.25) is 4.79 Å². The molecule has 2 N–H and O–H groups in total. The van der Waals surface area contributed by atoms with Crippen LogP contribution in [0, 0.1) is 5.92 Å². The number of carbonyl (C=O) groups excluding carboxylic acids is 1. The first-order valence-corrected chi connectivity index (χ1v) is 6.51. The van der Waals surface area contributed by atoms with Crippen molar-refractivity contribution >= 4 is 11.6 Å². The molecule has 0 bridgehead atoms. The normalized spacial score (nSPS) is 13.8. The molecule has 0 saturated heterocycles. The number of nitrogens with zero attached hydrogens (tertiary/aromatic N) is 1. The van der Waals surface area contributed by atoms with Crippen molar-refractivity contribution < 1.29 is 4.79 Å². The van der Waals surface area contributed by atoms with Crippen LogP contribution in [0.4, 0.5) is 5.69 Å². The third-order valence-corrected chi connectivity index (χ3v) is 3.12. The molecule has 2 unspecified atom stereocenters. The van der Waals surface area contributed by atoms with E-state index in [1.807, 2.05) is 20.0 Å². The topological polar surface area (TPSA) is 54.0 Å². The van der Waals surface area contributed by atoms with Gasteiger partial charge in [-0.1, -0.05) is 20.3 Å². The van der Waals surface area contributed by atoms with Crippen LogP contribution in [0.15, 0.2) is 18.3 Å². The molecule has 0 aromatic carbocycles. The molecule has 100 valence electrons. The highest BCUT2D eigenvalue weighted by atomic mass is 16.1. The Morgan fingerprint density at radius 3 is 2.61 bits per heavy atom. The number of aromatic nitrogens is 1. The highest BCUT2D eigenvalue weighted by Crippen LogP contribution is 2.10. The van der Waals surface area contributed by atoms with Crippen LogP contribution in [-0.4, -0.2) is 24.0 Å². The Labute approximate surface area is 109 Å². The number of rotatable bonds is 6. The summed E-state index contributed by atoms with van der Waals surface area (Å²) in [5, 5.41) is 5.95. The van der Waals surface area contributed by atoms with E-state index in [1.54, 1.807) is 12.3 Å². The fourth-order valence-corrected chi connectivity index (χ4v) is 1.80. The van der Waals surface area contributed by atoms with E-state index in [1.165, 1.54) is 0 Å². The molecule has 0 aliphatic rings. The summed E-state index contributed by atoms with van der Waals surface area (Å²) in [7, 11) is 1.82. The number of nitrogens with one attached hydrogen (secondary N) is 2. The lowest BCUT2D eigenvalue weighted by atomic mass is 10.0. The first-order valence-electron chi connectivity index (χ1n) is 6.51. The van der Waals surface area contributed by atoms with E-state index < -0.39 is 0 Å². The van der Waals surface area contributed by atoms with E-state index in [-0.39, 0.29) is 11.9 Å². The molecule has 0 aliphatic heterocycles. The standard InChI is InChI=1S/C14H23N3O/c1-5-10(2)8-11(3)17-14(18)13-7-6-12(15-4)9-16-13/h6-7,9-11,15H,5,8H2,1-4H3,(H,17,18). The first kappa shape index (κ1) is 14.5. The van der Waals surface area contributed by atoms with E-state index in [0.717, 1.165) is 18.5 Å². The average Bonchev–Trinajstić information content (AvgIpc) is 2.38. The number of hydrogen-bond acceptors (Lipinski definition) is 3. The molecule has 18 heavy (non-hydrogen) atoms. The Bertz CT molecular complexity index is 375. The molecule has 0 saturated carbocycles. The first-order chi connectivity index (χ1) is 8.56. The smallest absolute Gasteiger partial charge is 0.270 e. The van der Waals surface area contributed by atoms with Crippen LogP contribution in [0.5, 0.6) is 0 Å². The maximum atomic E-state index is 11.9. The lowest BCUT2D eigenvalue weighted by molar-refractivity contribution is 0.0930. The summed E-state index contributed by atoms with van der Waals surface area (Å²) >= 11 is 0. The maximum Gasteiger partial charge on any atom is 0.270 e. The number of carbonyl (C=O) groups is 1. The molecule has 0 spiro atoms. The van der Waals surface area contributed by atoms with Gasteiger partial charge in [0.2, 0.25) is 0 Å². The number of amides is 1. The van der Waals surface area contributed by atoms with Crippen molar-refractivity contribution in [2.45, 2.75) is 39.7 Å². The minimum atomic E-state index is -0.103. The van der Waals surface area contributed by atoms with Crippen molar-refractivity contribution in [2.24, 2.45) is 5.92 Å². The quantitative estimate of drug-likeness (QED) is 0.815. The third-order valence-electron chi connectivity index (χ3n) is 3.12. The van der Waals surface area contributed by atoms with Crippen molar-refractivity contribution in [1.82, 2.24) is 10.3 Å². The second-order valence-corrected chi connectivity index (χ2v) is 4.81. The molecule has 0 fully saturated rings. The predicted octanol–water partition coefficient (Wildman–Crippen LogP) is 2.68. The molecular weight excluding hydrogens is 226 g/mol. The van der Waals surface area contributed by atoms with Gasteiger partial charge in [-0.15, -0.1) is 0 Å². The van der Waals surface area contributed by atoms with E-state index in [4.69, 9.17) is 0 Å². The maximum absolute atomic E-state index is 11.9. The second kappa shape index (κ2) is 6.99. The number of pyridine rings is 1. The molecule has 1 aromatic heterocycles. The van der Waals surface area contributed by atoms with Crippen LogP contribution in [0.1, 0.15) is 44.1 Å². The summed E-state index contributed by atoms with van der Waals surface area (Å²) in [5.74, 6) is 0.522. The summed E-state index contributed by atoms with van der Waals surface area (Å²) in [4.78, 5) is 16.1. The Morgan fingerprint density at radius 2 is 2.11 bits per heavy atom. The van der Waals surface area contributed by atoms with Gasteiger partial charge in [-0.2, -0.15) is 0 Å². The highest BCUT2D eigenvalue weighted by molar-refractivity contribution is 5.92. The van der Waals surface area contributed by atoms with Crippen molar-refractivity contribution in [1.29, 1.82) is 0 Å². The van der Waals surface area contributed by atoms with Crippen LogP contribution < -0.4 is 10.6 Å². The molecule has 4 nitrogen and oxygen atoms in total. The largest absolute Gasteiger partial charge is 0.387 e. The van der Waals surface area contributed by atoms with Gasteiger partial charge in [0.1, 0.15) is 5.69 Å². The molecular formula is C14H23N3O. The molecule has 4 heteroatoms. The Hall–Kier alpha value is -1.58. The van der Waals surface area contributed by atoms with Crippen LogP contribution >= 0.6 is 0 Å². The molecule has 0 aliphatic carbocycles. The molecule has 1 heterocycles. The molecule has 2 atom stereocenters. The lowest BCUT2D eigenvalue weighted by Gasteiger charge is -2.17. The van der Waals surface area contributed by atoms with Crippen LogP contribution in [0.2, 0.25) is 0 Å². The van der Waals surface area contributed by atoms with E-state index in [9.17, 15) is 4.79 Å². The summed E-state index contributed by atoms with van der Waals surface area (Å²) in [6.45, 7) is 6.39. The highest BCUT2D eigenvalue weighted by Gasteiger charge is 2.12. The van der Waals surface area contributed by atoms with Crippen LogP contribution in [0.25, 0.3) is 0 Å². The molecule has 0 radical (unpaired) electrons. The number of hydrogen-bond donors (Lipinski definition) is 2. The lowest BCUT2D eigenvalue weighted by Crippen LogP contribution is -2.34. The fraction of sp³-hybridized carbons (Fsp3) is 0.571. The molecule has 1 rings (SSSR count). The van der Waals surface area contributed by atoms with E-state index in [0.29, 0.717) is 11.6 Å². The minimum Gasteiger partial charge on any atom is -0.387 e. The van der Waals surface area contributed by atoms with Gasteiger partial charge in [0, 0.05) is 13.1 Å². The molecule has 1 amide bonds. The Morgan fingerprint density at radius 1 is 1.39 bits per heavy atom. The van der Waals surface area contributed by atoms with Gasteiger partial charge >= 0.3 is 0 Å². The zero-order valence-corrected chi connectivity index (χ0v) is 11.7. The van der Waals surface area contributed by atoms with Crippen LogP contribution in [0.3, 0.4) is 0 Å². The minimum absolute atomic E-state index is 0.103. The zero-order valence-electron chi connectivity index (χ0n) is 11.7. The Balaban J connectivity index is 2.53. The Kier molecular flexibility index (Phi) is 5.62. The van der Waals surface area contributed by atoms with Gasteiger partial charge < -0.3 is 10.6 Å². The van der Waals surface area contributed by atoms with Crippen LogP contribution in [-0.2, 0) is 0 Å². The summed E-state index contributed by atoms with van der Waals surface area (Å²) in [6, 6.07) is 3.76. The second-order valence-electron chi connectivity index (χ2n) is 4.81. The SMILES string of the molecule is CCC(C)CC(C)NC(=O)c1ccc(NC)cn1. The fourth-order valence-electron chi connectivity index (χ4n) is 1.80.